The molecule has 1 aromatic rings. The Balaban J connectivity index is 2.54. The lowest BCUT2D eigenvalue weighted by molar-refractivity contribution is 0.462. The molecule has 2 nitrogen and oxygen atoms in total. The molecule has 14 heavy (non-hydrogen) atoms. The van der Waals surface area contributed by atoms with Crippen molar-refractivity contribution in [3.8, 4) is 0 Å². The van der Waals surface area contributed by atoms with E-state index in [9.17, 15) is 0 Å². The molecular weight excluding hydrogens is 224 g/mol. The van der Waals surface area contributed by atoms with Gasteiger partial charge in [0, 0.05) is 0 Å². The molecule has 0 amide bonds. The molecule has 0 spiro atoms. The zero-order valence-corrected chi connectivity index (χ0v) is 14.2. The van der Waals surface area contributed by atoms with Gasteiger partial charge in [-0.25, -0.2) is 0 Å². The van der Waals surface area contributed by atoms with Crippen LogP contribution in [0.3, 0.4) is 0 Å². The maximum atomic E-state index is 5.48. The molecule has 1 unspecified atom stereocenters. The van der Waals surface area contributed by atoms with Crippen LogP contribution in [-0.4, -0.2) is 30.3 Å². The standard InChI is InChI=1S/C9H18O2Si3/c1-8(7-14(10-12)11-13)9-5-3-2-4-6-9/h2-6,8,14H,7H2,1,12-13H3. The summed E-state index contributed by atoms with van der Waals surface area (Å²) in [6, 6.07) is 11.7. The summed E-state index contributed by atoms with van der Waals surface area (Å²) in [5, 5.41) is 0. The summed E-state index contributed by atoms with van der Waals surface area (Å²) < 4.78 is 11.0. The van der Waals surface area contributed by atoms with Gasteiger partial charge in [-0.3, -0.25) is 0 Å². The summed E-state index contributed by atoms with van der Waals surface area (Å²) in [5.74, 6) is 0.566. The van der Waals surface area contributed by atoms with Crippen LogP contribution in [0.5, 0.6) is 0 Å². The van der Waals surface area contributed by atoms with Crippen LogP contribution in [0.1, 0.15) is 18.4 Å². The third-order valence-corrected chi connectivity index (χ3v) is 7.74. The molecule has 0 aliphatic carbocycles. The van der Waals surface area contributed by atoms with E-state index < -0.39 is 9.28 Å². The molecule has 78 valence electrons. The normalized spacial score (nSPS) is 15.5. The van der Waals surface area contributed by atoms with Crippen LogP contribution >= 0.6 is 0 Å². The van der Waals surface area contributed by atoms with Gasteiger partial charge in [-0.2, -0.15) is 0 Å². The van der Waals surface area contributed by atoms with Gasteiger partial charge in [0.25, 0.3) is 9.28 Å². The Kier molecular flexibility index (Phi) is 5.34. The van der Waals surface area contributed by atoms with Gasteiger partial charge in [0.2, 0.25) is 0 Å². The van der Waals surface area contributed by atoms with Gasteiger partial charge in [0.1, 0.15) is 21.0 Å². The van der Waals surface area contributed by atoms with Crippen molar-refractivity contribution in [2.45, 2.75) is 18.9 Å². The van der Waals surface area contributed by atoms with E-state index in [1.165, 1.54) is 5.56 Å². The van der Waals surface area contributed by atoms with Crippen LogP contribution in [0, 0.1) is 0 Å². The van der Waals surface area contributed by atoms with Crippen molar-refractivity contribution in [3.05, 3.63) is 35.9 Å². The van der Waals surface area contributed by atoms with Crippen LogP contribution in [-0.2, 0) is 8.23 Å². The van der Waals surface area contributed by atoms with E-state index in [4.69, 9.17) is 8.23 Å². The van der Waals surface area contributed by atoms with Crippen molar-refractivity contribution >= 4 is 30.3 Å². The zero-order chi connectivity index (χ0) is 10.4. The minimum absolute atomic E-state index is 0.566. The van der Waals surface area contributed by atoms with Crippen molar-refractivity contribution < 1.29 is 8.23 Å². The van der Waals surface area contributed by atoms with E-state index in [1.54, 1.807) is 0 Å². The summed E-state index contributed by atoms with van der Waals surface area (Å²) >= 11 is 0. The molecule has 0 N–H and O–H groups in total. The monoisotopic (exact) mass is 242 g/mol. The van der Waals surface area contributed by atoms with E-state index in [1.807, 2.05) is 0 Å². The van der Waals surface area contributed by atoms with Gasteiger partial charge in [-0.15, -0.1) is 0 Å². The van der Waals surface area contributed by atoms with Crippen LogP contribution in [0.25, 0.3) is 0 Å². The van der Waals surface area contributed by atoms with Gasteiger partial charge < -0.3 is 8.23 Å². The molecule has 1 rings (SSSR count). The highest BCUT2D eigenvalue weighted by Gasteiger charge is 2.14. The molecule has 1 aromatic carbocycles. The Morgan fingerprint density at radius 3 is 2.29 bits per heavy atom. The third-order valence-electron chi connectivity index (χ3n) is 2.44. The minimum atomic E-state index is -1.30. The van der Waals surface area contributed by atoms with Crippen LogP contribution in [0.15, 0.2) is 30.3 Å². The topological polar surface area (TPSA) is 18.5 Å². The van der Waals surface area contributed by atoms with Crippen molar-refractivity contribution in [1.82, 2.24) is 0 Å². The smallest absolute Gasteiger partial charge is 0.300 e. The molecule has 0 aliphatic heterocycles. The van der Waals surface area contributed by atoms with Crippen molar-refractivity contribution in [3.63, 3.8) is 0 Å². The molecule has 0 saturated carbocycles. The first-order valence-electron chi connectivity index (χ1n) is 4.88. The first kappa shape index (κ1) is 11.9. The maximum Gasteiger partial charge on any atom is 0.300 e. The Hall–Kier alpha value is -0.209. The molecule has 0 aromatic heterocycles. The van der Waals surface area contributed by atoms with E-state index >= 15 is 0 Å². The molecule has 0 aliphatic rings. The second-order valence-electron chi connectivity index (χ2n) is 3.45. The Morgan fingerprint density at radius 1 is 1.21 bits per heavy atom. The Bertz CT molecular complexity index is 251. The van der Waals surface area contributed by atoms with Gasteiger partial charge in [0.05, 0.1) is 0 Å². The highest BCUT2D eigenvalue weighted by molar-refractivity contribution is 6.52. The number of hydrogen-bond donors (Lipinski definition) is 0. The fourth-order valence-corrected chi connectivity index (χ4v) is 6.39. The van der Waals surface area contributed by atoms with E-state index in [0.29, 0.717) is 5.92 Å². The molecule has 0 saturated heterocycles. The predicted molar refractivity (Wildman–Crippen MR) is 68.9 cm³/mol. The predicted octanol–water partition coefficient (Wildman–Crippen LogP) is -0.395. The van der Waals surface area contributed by atoms with Gasteiger partial charge in [-0.05, 0) is 17.5 Å². The summed E-state index contributed by atoms with van der Waals surface area (Å²) in [7, 11) is 0.321. The van der Waals surface area contributed by atoms with Gasteiger partial charge in [0.15, 0.2) is 0 Å². The molecule has 0 fully saturated rings. The van der Waals surface area contributed by atoms with Crippen LogP contribution in [0.2, 0.25) is 6.04 Å². The molecule has 0 bridgehead atoms. The lowest BCUT2D eigenvalue weighted by atomic mass is 10.0. The summed E-state index contributed by atoms with van der Waals surface area (Å²) in [5.41, 5.74) is 1.39. The lowest BCUT2D eigenvalue weighted by Crippen LogP contribution is -2.22. The van der Waals surface area contributed by atoms with Crippen molar-refractivity contribution in [1.29, 1.82) is 0 Å². The van der Waals surface area contributed by atoms with E-state index in [-0.39, 0.29) is 0 Å². The number of benzene rings is 1. The number of hydrogen-bond acceptors (Lipinski definition) is 2. The summed E-state index contributed by atoms with van der Waals surface area (Å²) in [4.78, 5) is 0. The average molecular weight is 242 g/mol. The SMILES string of the molecule is CC(C[SiH](O[SiH3])O[SiH3])c1ccccc1. The van der Waals surface area contributed by atoms with Crippen LogP contribution in [0.4, 0.5) is 0 Å². The van der Waals surface area contributed by atoms with Crippen LogP contribution < -0.4 is 0 Å². The van der Waals surface area contributed by atoms with E-state index in [2.05, 4.69) is 37.3 Å². The zero-order valence-electron chi connectivity index (χ0n) is 9.07. The van der Waals surface area contributed by atoms with Gasteiger partial charge >= 0.3 is 0 Å². The lowest BCUT2D eigenvalue weighted by Gasteiger charge is -2.17. The summed E-state index contributed by atoms with van der Waals surface area (Å²) in [6.45, 7) is 2.25. The largest absolute Gasteiger partial charge is 0.447 e. The average Bonchev–Trinajstić information content (AvgIpc) is 2.26. The third kappa shape index (κ3) is 3.51. The number of rotatable bonds is 5. The maximum absolute atomic E-state index is 5.48. The molecular formula is C9H18O2Si3. The molecule has 0 radical (unpaired) electrons. The van der Waals surface area contributed by atoms with E-state index in [0.717, 1.165) is 27.0 Å². The second kappa shape index (κ2) is 6.31. The fraction of sp³-hybridized carbons (Fsp3) is 0.333. The Labute approximate surface area is 93.6 Å². The van der Waals surface area contributed by atoms with Gasteiger partial charge in [-0.1, -0.05) is 37.3 Å². The first-order valence-corrected chi connectivity index (χ1v) is 8.27. The second-order valence-corrected chi connectivity index (χ2v) is 8.55. The molecule has 5 heteroatoms. The minimum Gasteiger partial charge on any atom is -0.447 e. The summed E-state index contributed by atoms with van der Waals surface area (Å²) in [6.07, 6.45) is 0. The Morgan fingerprint density at radius 2 is 1.79 bits per heavy atom. The molecule has 1 atom stereocenters. The fourth-order valence-electron chi connectivity index (χ4n) is 1.50. The highest BCUT2D eigenvalue weighted by atomic mass is 28.4. The highest BCUT2D eigenvalue weighted by Crippen LogP contribution is 2.20. The van der Waals surface area contributed by atoms with Crippen molar-refractivity contribution in [2.24, 2.45) is 0 Å². The quantitative estimate of drug-likeness (QED) is 0.655. The van der Waals surface area contributed by atoms with Crippen molar-refractivity contribution in [2.75, 3.05) is 0 Å². The molecule has 0 heterocycles. The first-order chi connectivity index (χ1) is 6.77.